The Balaban J connectivity index is 2.46. The molecule has 1 aromatic rings. The molecule has 0 aliphatic carbocycles. The van der Waals surface area contributed by atoms with Gasteiger partial charge in [-0.05, 0) is 0 Å². The van der Waals surface area contributed by atoms with Crippen molar-refractivity contribution in [2.75, 3.05) is 26.9 Å². The smallest absolute Gasteiger partial charge is 0.389 e. The number of aromatic nitrogens is 3. The summed E-state index contributed by atoms with van der Waals surface area (Å²) < 4.78 is 47.1. The first-order valence-electron chi connectivity index (χ1n) is 5.61. The van der Waals surface area contributed by atoms with Crippen LogP contribution in [0.3, 0.4) is 0 Å². The van der Waals surface area contributed by atoms with Gasteiger partial charge in [-0.2, -0.15) is 13.2 Å². The Bertz CT molecular complexity index is 436. The van der Waals surface area contributed by atoms with Gasteiger partial charge in [0, 0.05) is 7.11 Å². The number of rotatable bonds is 8. The zero-order valence-corrected chi connectivity index (χ0v) is 10.6. The molecule has 1 atom stereocenters. The normalized spacial score (nSPS) is 13.4. The summed E-state index contributed by atoms with van der Waals surface area (Å²) in [6.07, 6.45) is -5.15. The fourth-order valence-electron chi connectivity index (χ4n) is 1.27. The Labute approximate surface area is 112 Å². The van der Waals surface area contributed by atoms with E-state index in [1.807, 2.05) is 0 Å². The molecule has 1 unspecified atom stereocenters. The molecular formula is C10H14F3N3O4. The summed E-state index contributed by atoms with van der Waals surface area (Å²) in [5.74, 6) is -2.07. The molecule has 0 radical (unpaired) electrons. The van der Waals surface area contributed by atoms with E-state index in [2.05, 4.69) is 10.3 Å². The van der Waals surface area contributed by atoms with Crippen LogP contribution < -0.4 is 0 Å². The van der Waals surface area contributed by atoms with E-state index in [9.17, 15) is 23.1 Å². The number of aliphatic hydroxyl groups is 1. The predicted octanol–water partition coefficient (Wildman–Crippen LogP) is 0.0470. The summed E-state index contributed by atoms with van der Waals surface area (Å²) in [6, 6.07) is 0. The minimum atomic E-state index is -5.00. The van der Waals surface area contributed by atoms with Crippen LogP contribution in [0, 0.1) is 0 Å². The van der Waals surface area contributed by atoms with Crippen LogP contribution in [0.5, 0.6) is 0 Å². The summed E-state index contributed by atoms with van der Waals surface area (Å²) in [4.78, 5) is 10.9. The molecule has 0 aliphatic heterocycles. The van der Waals surface area contributed by atoms with Crippen LogP contribution in [0.2, 0.25) is 0 Å². The fourth-order valence-corrected chi connectivity index (χ4v) is 1.27. The molecule has 1 rings (SSSR count). The third-order valence-electron chi connectivity index (χ3n) is 2.17. The Morgan fingerprint density at radius 1 is 1.50 bits per heavy atom. The Morgan fingerprint density at radius 2 is 2.20 bits per heavy atom. The topological polar surface area (TPSA) is 86.5 Å². The lowest BCUT2D eigenvalue weighted by Gasteiger charge is -2.10. The van der Waals surface area contributed by atoms with Gasteiger partial charge in [-0.3, -0.25) is 4.79 Å². The molecular weight excluding hydrogens is 283 g/mol. The van der Waals surface area contributed by atoms with Crippen LogP contribution in [0.15, 0.2) is 6.20 Å². The van der Waals surface area contributed by atoms with Crippen LogP contribution in [-0.2, 0) is 16.0 Å². The van der Waals surface area contributed by atoms with Crippen LogP contribution in [-0.4, -0.2) is 65.1 Å². The number of Topliss-reactive ketones (excluding diaryl/α,β-unsaturated/α-hetero) is 1. The van der Waals surface area contributed by atoms with Crippen molar-refractivity contribution in [3.8, 4) is 0 Å². The van der Waals surface area contributed by atoms with Gasteiger partial charge in [0.05, 0.1) is 38.7 Å². The molecule has 1 heterocycles. The molecule has 20 heavy (non-hydrogen) atoms. The van der Waals surface area contributed by atoms with E-state index in [4.69, 9.17) is 9.47 Å². The maximum absolute atomic E-state index is 12.1. The zero-order valence-electron chi connectivity index (χ0n) is 10.6. The fraction of sp³-hybridized carbons (Fsp3) is 0.700. The number of nitrogens with zero attached hydrogens (tertiary/aromatic N) is 3. The minimum absolute atomic E-state index is 0.0359. The highest BCUT2D eigenvalue weighted by Crippen LogP contribution is 2.19. The van der Waals surface area contributed by atoms with Crippen molar-refractivity contribution in [1.82, 2.24) is 15.0 Å². The largest absolute Gasteiger partial charge is 0.456 e. The molecule has 0 spiro atoms. The van der Waals surface area contributed by atoms with Gasteiger partial charge in [0.2, 0.25) is 0 Å². The van der Waals surface area contributed by atoms with Crippen molar-refractivity contribution >= 4 is 5.78 Å². The van der Waals surface area contributed by atoms with Gasteiger partial charge >= 0.3 is 6.18 Å². The SMILES string of the molecule is COCCOCC(O)Cn1cc(C(=O)C(F)(F)F)nn1. The van der Waals surface area contributed by atoms with Gasteiger partial charge in [0.1, 0.15) is 0 Å². The second-order valence-electron chi connectivity index (χ2n) is 3.87. The van der Waals surface area contributed by atoms with Gasteiger partial charge < -0.3 is 14.6 Å². The number of halogens is 3. The van der Waals surface area contributed by atoms with Gasteiger partial charge in [0.15, 0.2) is 5.69 Å². The average molecular weight is 297 g/mol. The number of alkyl halides is 3. The van der Waals surface area contributed by atoms with Crippen LogP contribution >= 0.6 is 0 Å². The second-order valence-corrected chi connectivity index (χ2v) is 3.87. The Kier molecular flexibility index (Phi) is 6.05. The van der Waals surface area contributed by atoms with Crippen LogP contribution in [0.4, 0.5) is 13.2 Å². The summed E-state index contributed by atoms with van der Waals surface area (Å²) in [5.41, 5.74) is -0.815. The molecule has 0 saturated carbocycles. The van der Waals surface area contributed by atoms with E-state index in [1.54, 1.807) is 0 Å². The number of aliphatic hydroxyl groups excluding tert-OH is 1. The highest BCUT2D eigenvalue weighted by Gasteiger charge is 2.41. The monoisotopic (exact) mass is 297 g/mol. The van der Waals surface area contributed by atoms with E-state index in [1.165, 1.54) is 7.11 Å². The van der Waals surface area contributed by atoms with E-state index >= 15 is 0 Å². The number of hydrogen-bond donors (Lipinski definition) is 1. The molecule has 114 valence electrons. The summed E-state index contributed by atoms with van der Waals surface area (Å²) >= 11 is 0. The van der Waals surface area contributed by atoms with Crippen molar-refractivity contribution < 1.29 is 32.5 Å². The summed E-state index contributed by atoms with van der Waals surface area (Å²) in [5, 5.41) is 16.0. The van der Waals surface area contributed by atoms with Crippen molar-refractivity contribution in [3.63, 3.8) is 0 Å². The number of hydrogen-bond acceptors (Lipinski definition) is 6. The number of ether oxygens (including phenoxy) is 2. The number of carbonyl (C=O) groups excluding carboxylic acids is 1. The van der Waals surface area contributed by atoms with Gasteiger partial charge in [-0.1, -0.05) is 5.21 Å². The Hall–Kier alpha value is -1.52. The lowest BCUT2D eigenvalue weighted by Crippen LogP contribution is -2.24. The minimum Gasteiger partial charge on any atom is -0.389 e. The molecule has 1 N–H and O–H groups in total. The standard InChI is InChI=1S/C10H14F3N3O4/c1-19-2-3-20-6-7(17)4-16-5-8(14-15-16)9(18)10(11,12)13/h5,7,17H,2-4,6H2,1H3. The van der Waals surface area contributed by atoms with Gasteiger partial charge in [0.25, 0.3) is 5.78 Å². The number of carbonyl (C=O) groups is 1. The maximum atomic E-state index is 12.1. The van der Waals surface area contributed by atoms with Crippen molar-refractivity contribution in [1.29, 1.82) is 0 Å². The van der Waals surface area contributed by atoms with Crippen molar-refractivity contribution in [2.24, 2.45) is 0 Å². The lowest BCUT2D eigenvalue weighted by molar-refractivity contribution is -0.0888. The predicted molar refractivity (Wildman–Crippen MR) is 59.1 cm³/mol. The molecule has 0 aliphatic rings. The van der Waals surface area contributed by atoms with Gasteiger partial charge in [-0.25, -0.2) is 4.68 Å². The molecule has 10 heteroatoms. The molecule has 0 bridgehead atoms. The zero-order chi connectivity index (χ0) is 15.2. The molecule has 0 fully saturated rings. The number of methoxy groups -OCH3 is 1. The third-order valence-corrected chi connectivity index (χ3v) is 2.17. The highest BCUT2D eigenvalue weighted by atomic mass is 19.4. The van der Waals surface area contributed by atoms with Crippen LogP contribution in [0.1, 0.15) is 10.5 Å². The van der Waals surface area contributed by atoms with E-state index < -0.39 is 23.8 Å². The maximum Gasteiger partial charge on any atom is 0.456 e. The molecule has 0 aromatic carbocycles. The van der Waals surface area contributed by atoms with Crippen LogP contribution in [0.25, 0.3) is 0 Å². The van der Waals surface area contributed by atoms with Crippen molar-refractivity contribution in [2.45, 2.75) is 18.8 Å². The molecule has 7 nitrogen and oxygen atoms in total. The van der Waals surface area contributed by atoms with E-state index in [0.717, 1.165) is 10.9 Å². The highest BCUT2D eigenvalue weighted by molar-refractivity contribution is 5.98. The second kappa shape index (κ2) is 7.31. The lowest BCUT2D eigenvalue weighted by atomic mass is 10.3. The first kappa shape index (κ1) is 16.5. The molecule has 0 saturated heterocycles. The summed E-state index contributed by atoms with van der Waals surface area (Å²) in [7, 11) is 1.49. The molecule has 1 aromatic heterocycles. The quantitative estimate of drug-likeness (QED) is 0.539. The van der Waals surface area contributed by atoms with E-state index in [-0.39, 0.29) is 19.8 Å². The first-order valence-corrected chi connectivity index (χ1v) is 5.61. The Morgan fingerprint density at radius 3 is 2.80 bits per heavy atom. The molecule has 0 amide bonds. The van der Waals surface area contributed by atoms with Gasteiger partial charge in [-0.15, -0.1) is 5.10 Å². The first-order chi connectivity index (χ1) is 9.34. The summed E-state index contributed by atoms with van der Waals surface area (Å²) in [6.45, 7) is 0.472. The average Bonchev–Trinajstić information content (AvgIpc) is 2.81. The third kappa shape index (κ3) is 5.23. The van der Waals surface area contributed by atoms with Crippen molar-refractivity contribution in [3.05, 3.63) is 11.9 Å². The van der Waals surface area contributed by atoms with E-state index in [0.29, 0.717) is 6.61 Å². The number of ketones is 1.